The first-order chi connectivity index (χ1) is 12.7. The molecule has 2 aliphatic heterocycles. The number of rotatable bonds is 4. The Morgan fingerprint density at radius 3 is 2.59 bits per heavy atom. The van der Waals surface area contributed by atoms with Crippen LogP contribution in [0.25, 0.3) is 0 Å². The molecule has 3 rings (SSSR count). The van der Waals surface area contributed by atoms with Crippen LogP contribution in [0.15, 0.2) is 18.2 Å². The van der Waals surface area contributed by atoms with E-state index in [-0.39, 0.29) is 23.7 Å². The summed E-state index contributed by atoms with van der Waals surface area (Å²) in [5.41, 5.74) is 0.228. The molecule has 2 fully saturated rings. The van der Waals surface area contributed by atoms with Gasteiger partial charge in [0.2, 0.25) is 0 Å². The van der Waals surface area contributed by atoms with Gasteiger partial charge in [-0.3, -0.25) is 4.79 Å². The first-order valence-corrected chi connectivity index (χ1v) is 9.20. The van der Waals surface area contributed by atoms with Crippen molar-refractivity contribution in [3.05, 3.63) is 23.2 Å². The molecule has 150 valence electrons. The number of carbonyl (C=O) groups is 1. The fourth-order valence-electron chi connectivity index (χ4n) is 3.81. The van der Waals surface area contributed by atoms with Crippen LogP contribution in [0.2, 0.25) is 5.02 Å². The van der Waals surface area contributed by atoms with Crippen LogP contribution in [-0.4, -0.2) is 42.7 Å². The maximum absolute atomic E-state index is 12.4. The number of benzene rings is 1. The highest BCUT2D eigenvalue weighted by molar-refractivity contribution is 6.33. The molecule has 0 aliphatic carbocycles. The third-order valence-corrected chi connectivity index (χ3v) is 5.58. The molecule has 2 heterocycles. The van der Waals surface area contributed by atoms with Crippen molar-refractivity contribution in [1.82, 2.24) is 0 Å². The molecule has 9 heteroatoms. The number of alkyl halides is 3. The number of nitrogens with zero attached hydrogens (tertiary/aromatic N) is 1. The van der Waals surface area contributed by atoms with Crippen molar-refractivity contribution in [3.63, 3.8) is 0 Å². The van der Waals surface area contributed by atoms with Crippen molar-refractivity contribution in [2.24, 2.45) is 5.92 Å². The number of hydrogen-bond donors (Lipinski definition) is 1. The Kier molecular flexibility index (Phi) is 5.76. The van der Waals surface area contributed by atoms with Gasteiger partial charge in [0.25, 0.3) is 0 Å². The number of carboxylic acid groups (broad SMARTS) is 1. The van der Waals surface area contributed by atoms with Crippen molar-refractivity contribution in [1.29, 1.82) is 0 Å². The third-order valence-electron chi connectivity index (χ3n) is 5.26. The molecule has 0 unspecified atom stereocenters. The number of piperidine rings is 1. The number of anilines is 1. The topological polar surface area (TPSA) is 59.0 Å². The van der Waals surface area contributed by atoms with Crippen LogP contribution in [0.4, 0.5) is 18.9 Å². The van der Waals surface area contributed by atoms with Gasteiger partial charge in [-0.1, -0.05) is 11.6 Å². The maximum atomic E-state index is 12.4. The van der Waals surface area contributed by atoms with Gasteiger partial charge in [-0.2, -0.15) is 0 Å². The van der Waals surface area contributed by atoms with Crippen molar-refractivity contribution >= 4 is 23.3 Å². The minimum absolute atomic E-state index is 0.0387. The van der Waals surface area contributed by atoms with Crippen molar-refractivity contribution in [3.8, 4) is 5.75 Å². The molecule has 2 saturated heterocycles. The standard InChI is InChI=1S/C18H21ClF3NO4/c19-14-2-1-13(27-18(20,21)22)10-15(14)23-7-5-17(6-8-23)4-3-12(11-26-17)9-16(24)25/h1-2,10,12H,3-9,11H2,(H,24,25)/t12-/m1/s1. The molecule has 0 amide bonds. The average Bonchev–Trinajstić information content (AvgIpc) is 2.58. The van der Waals surface area contributed by atoms with Gasteiger partial charge in [-0.15, -0.1) is 13.2 Å². The first-order valence-electron chi connectivity index (χ1n) is 8.82. The van der Waals surface area contributed by atoms with Gasteiger partial charge in [0, 0.05) is 19.2 Å². The number of ether oxygens (including phenoxy) is 2. The van der Waals surface area contributed by atoms with E-state index in [1.54, 1.807) is 0 Å². The Bertz CT molecular complexity index is 680. The van der Waals surface area contributed by atoms with Gasteiger partial charge in [0.05, 0.1) is 29.3 Å². The zero-order valence-corrected chi connectivity index (χ0v) is 15.4. The number of carboxylic acids is 1. The van der Waals surface area contributed by atoms with Crippen LogP contribution in [0.5, 0.6) is 5.75 Å². The van der Waals surface area contributed by atoms with E-state index >= 15 is 0 Å². The molecule has 2 aliphatic rings. The second kappa shape index (κ2) is 7.75. The summed E-state index contributed by atoms with van der Waals surface area (Å²) in [7, 11) is 0. The fourth-order valence-corrected chi connectivity index (χ4v) is 4.04. The van der Waals surface area contributed by atoms with Crippen molar-refractivity contribution in [2.75, 3.05) is 24.6 Å². The van der Waals surface area contributed by atoms with Crippen LogP contribution in [0.3, 0.4) is 0 Å². The van der Waals surface area contributed by atoms with Crippen molar-refractivity contribution < 1.29 is 32.5 Å². The molecule has 1 spiro atoms. The van der Waals surface area contributed by atoms with Gasteiger partial charge < -0.3 is 19.5 Å². The Hall–Kier alpha value is -1.67. The van der Waals surface area contributed by atoms with Gasteiger partial charge in [0.1, 0.15) is 5.75 Å². The van der Waals surface area contributed by atoms with Crippen LogP contribution in [0.1, 0.15) is 32.1 Å². The van der Waals surface area contributed by atoms with Gasteiger partial charge >= 0.3 is 12.3 Å². The van der Waals surface area contributed by atoms with E-state index in [9.17, 15) is 18.0 Å². The second-order valence-electron chi connectivity index (χ2n) is 7.14. The molecule has 5 nitrogen and oxygen atoms in total. The van der Waals surface area contributed by atoms with Crippen LogP contribution >= 0.6 is 11.6 Å². The Balaban J connectivity index is 1.61. The van der Waals surface area contributed by atoms with E-state index < -0.39 is 12.3 Å². The SMILES string of the molecule is O=C(O)C[C@H]1CCC2(CCN(c3cc(OC(F)(F)F)ccc3Cl)CC2)OC1. The van der Waals surface area contributed by atoms with Crippen LogP contribution in [-0.2, 0) is 9.53 Å². The third kappa shape index (κ3) is 5.19. The number of aliphatic carboxylic acids is 1. The summed E-state index contributed by atoms with van der Waals surface area (Å²) < 4.78 is 47.3. The molecular formula is C18H21ClF3NO4. The molecule has 0 bridgehead atoms. The first kappa shape index (κ1) is 20.1. The lowest BCUT2D eigenvalue weighted by atomic mass is 9.81. The lowest BCUT2D eigenvalue weighted by Crippen LogP contribution is -2.49. The summed E-state index contributed by atoms with van der Waals surface area (Å²) in [5, 5.41) is 9.26. The van der Waals surface area contributed by atoms with Crippen LogP contribution in [0, 0.1) is 5.92 Å². The minimum atomic E-state index is -4.75. The quantitative estimate of drug-likeness (QED) is 0.797. The van der Waals surface area contributed by atoms with Gasteiger partial charge in [-0.05, 0) is 43.7 Å². The molecule has 1 atom stereocenters. The second-order valence-corrected chi connectivity index (χ2v) is 7.55. The highest BCUT2D eigenvalue weighted by Crippen LogP contribution is 2.40. The van der Waals surface area contributed by atoms with E-state index in [0.29, 0.717) is 43.2 Å². The summed E-state index contributed by atoms with van der Waals surface area (Å²) >= 11 is 6.18. The summed E-state index contributed by atoms with van der Waals surface area (Å²) in [6, 6.07) is 3.89. The largest absolute Gasteiger partial charge is 0.573 e. The molecule has 0 saturated carbocycles. The lowest BCUT2D eigenvalue weighted by Gasteiger charge is -2.46. The minimum Gasteiger partial charge on any atom is -0.481 e. The Morgan fingerprint density at radius 2 is 2.04 bits per heavy atom. The summed E-state index contributed by atoms with van der Waals surface area (Å²) in [4.78, 5) is 12.8. The lowest BCUT2D eigenvalue weighted by molar-refractivity contribution is -0.274. The van der Waals surface area contributed by atoms with E-state index in [1.165, 1.54) is 18.2 Å². The smallest absolute Gasteiger partial charge is 0.481 e. The maximum Gasteiger partial charge on any atom is 0.573 e. The van der Waals surface area contributed by atoms with E-state index in [1.807, 2.05) is 4.90 Å². The molecule has 27 heavy (non-hydrogen) atoms. The Morgan fingerprint density at radius 1 is 1.33 bits per heavy atom. The van der Waals surface area contributed by atoms with E-state index in [4.69, 9.17) is 21.4 Å². The van der Waals surface area contributed by atoms with E-state index in [0.717, 1.165) is 12.8 Å². The molecule has 1 N–H and O–H groups in total. The number of halogens is 4. The van der Waals surface area contributed by atoms with Gasteiger partial charge in [-0.25, -0.2) is 0 Å². The molecular weight excluding hydrogens is 387 g/mol. The van der Waals surface area contributed by atoms with Crippen molar-refractivity contribution in [2.45, 2.75) is 44.1 Å². The fraction of sp³-hybridized carbons (Fsp3) is 0.611. The predicted octanol–water partition coefficient (Wildman–Crippen LogP) is 4.48. The molecule has 1 aromatic rings. The summed E-state index contributed by atoms with van der Waals surface area (Å²) in [6.45, 7) is 1.62. The normalized spacial score (nSPS) is 22.7. The summed E-state index contributed by atoms with van der Waals surface area (Å²) in [6.07, 6.45) is -1.60. The zero-order valence-electron chi connectivity index (χ0n) is 14.6. The molecule has 0 radical (unpaired) electrons. The van der Waals surface area contributed by atoms with E-state index in [2.05, 4.69) is 4.74 Å². The Labute approximate surface area is 160 Å². The zero-order chi connectivity index (χ0) is 19.7. The van der Waals surface area contributed by atoms with Gasteiger partial charge in [0.15, 0.2) is 0 Å². The molecule has 1 aromatic carbocycles. The highest BCUT2D eigenvalue weighted by atomic mass is 35.5. The van der Waals surface area contributed by atoms with Crippen LogP contribution < -0.4 is 9.64 Å². The monoisotopic (exact) mass is 407 g/mol. The predicted molar refractivity (Wildman–Crippen MR) is 93.2 cm³/mol. The molecule has 0 aromatic heterocycles. The number of hydrogen-bond acceptors (Lipinski definition) is 4. The average molecular weight is 408 g/mol. The highest BCUT2D eigenvalue weighted by Gasteiger charge is 2.40. The summed E-state index contributed by atoms with van der Waals surface area (Å²) in [5.74, 6) is -1.07.